The summed E-state index contributed by atoms with van der Waals surface area (Å²) in [7, 11) is 0. The van der Waals surface area contributed by atoms with Crippen LogP contribution in [0.5, 0.6) is 0 Å². The van der Waals surface area contributed by atoms with Gasteiger partial charge in [-0.1, -0.05) is 72.6 Å². The SMILES string of the molecule is CCC(C(=O)N1CCN(c2nc3cc(Cl)ccc3c3nnc(-c4cccc(C)c4)n23)CC1)c1ccccc1. The molecule has 1 aliphatic heterocycles. The molecule has 1 unspecified atom stereocenters. The van der Waals surface area contributed by atoms with E-state index >= 15 is 0 Å². The maximum atomic E-state index is 13.5. The number of carbonyl (C=O) groups excluding carboxylic acids is 1. The van der Waals surface area contributed by atoms with Crippen LogP contribution in [-0.4, -0.2) is 56.6 Å². The molecule has 0 bridgehead atoms. The van der Waals surface area contributed by atoms with Gasteiger partial charge in [-0.05, 0) is 43.2 Å². The number of aryl methyl sites for hydroxylation is 1. The number of hydrogen-bond donors (Lipinski definition) is 0. The van der Waals surface area contributed by atoms with Crippen LogP contribution in [0.15, 0.2) is 72.8 Å². The first kappa shape index (κ1) is 24.4. The average molecular weight is 525 g/mol. The van der Waals surface area contributed by atoms with Crippen molar-refractivity contribution in [3.8, 4) is 11.4 Å². The molecule has 6 rings (SSSR count). The lowest BCUT2D eigenvalue weighted by Gasteiger charge is -2.37. The summed E-state index contributed by atoms with van der Waals surface area (Å²) in [5, 5.41) is 10.7. The molecule has 0 radical (unpaired) electrons. The lowest BCUT2D eigenvalue weighted by Crippen LogP contribution is -2.50. The zero-order valence-electron chi connectivity index (χ0n) is 21.5. The standard InChI is InChI=1S/C30H29ClN6O/c1-3-24(21-9-5-4-6-10-21)29(38)35-14-16-36(17-15-35)30-32-26-19-23(31)12-13-25(26)28-34-33-27(37(28)30)22-11-7-8-20(2)18-22/h4-13,18-19,24H,3,14-17H2,1-2H3. The minimum Gasteiger partial charge on any atom is -0.339 e. The Morgan fingerprint density at radius 3 is 2.47 bits per heavy atom. The van der Waals surface area contributed by atoms with Crippen molar-refractivity contribution in [2.75, 3.05) is 31.1 Å². The highest BCUT2D eigenvalue weighted by atomic mass is 35.5. The summed E-state index contributed by atoms with van der Waals surface area (Å²) in [6.07, 6.45) is 0.775. The van der Waals surface area contributed by atoms with Gasteiger partial charge in [-0.15, -0.1) is 10.2 Å². The Morgan fingerprint density at radius 1 is 0.947 bits per heavy atom. The van der Waals surface area contributed by atoms with Gasteiger partial charge in [0.05, 0.1) is 11.4 Å². The smallest absolute Gasteiger partial charge is 0.230 e. The molecular formula is C30H29ClN6O. The molecule has 1 aliphatic rings. The number of nitrogens with zero attached hydrogens (tertiary/aromatic N) is 6. The van der Waals surface area contributed by atoms with Crippen molar-refractivity contribution in [3.05, 3.63) is 88.9 Å². The van der Waals surface area contributed by atoms with E-state index in [-0.39, 0.29) is 11.8 Å². The number of aromatic nitrogens is 4. The van der Waals surface area contributed by atoms with Gasteiger partial charge in [0.2, 0.25) is 11.9 Å². The Balaban J connectivity index is 1.36. The third-order valence-corrected chi connectivity index (χ3v) is 7.58. The van der Waals surface area contributed by atoms with E-state index in [4.69, 9.17) is 16.6 Å². The molecule has 5 aromatic rings. The molecule has 8 heteroatoms. The van der Waals surface area contributed by atoms with Gasteiger partial charge in [0, 0.05) is 42.2 Å². The third-order valence-electron chi connectivity index (χ3n) is 7.34. The van der Waals surface area contributed by atoms with Crippen LogP contribution in [0.1, 0.15) is 30.4 Å². The van der Waals surface area contributed by atoms with Gasteiger partial charge in [-0.25, -0.2) is 9.38 Å². The fourth-order valence-corrected chi connectivity index (χ4v) is 5.53. The molecule has 2 aromatic heterocycles. The van der Waals surface area contributed by atoms with Crippen molar-refractivity contribution < 1.29 is 4.79 Å². The van der Waals surface area contributed by atoms with E-state index in [1.165, 1.54) is 0 Å². The summed E-state index contributed by atoms with van der Waals surface area (Å²) in [6, 6.07) is 24.0. The highest BCUT2D eigenvalue weighted by Gasteiger charge is 2.29. The highest BCUT2D eigenvalue weighted by Crippen LogP contribution is 2.31. The van der Waals surface area contributed by atoms with Gasteiger partial charge < -0.3 is 9.80 Å². The maximum absolute atomic E-state index is 13.5. The summed E-state index contributed by atoms with van der Waals surface area (Å²) < 4.78 is 2.04. The second-order valence-electron chi connectivity index (χ2n) is 9.81. The molecule has 38 heavy (non-hydrogen) atoms. The van der Waals surface area contributed by atoms with Crippen molar-refractivity contribution in [1.82, 2.24) is 24.5 Å². The number of amides is 1. The van der Waals surface area contributed by atoms with Crippen LogP contribution in [0, 0.1) is 6.92 Å². The summed E-state index contributed by atoms with van der Waals surface area (Å²) >= 11 is 6.33. The van der Waals surface area contributed by atoms with E-state index in [1.54, 1.807) is 0 Å². The number of anilines is 1. The van der Waals surface area contributed by atoms with Crippen LogP contribution in [0.4, 0.5) is 5.95 Å². The molecule has 3 aromatic carbocycles. The second-order valence-corrected chi connectivity index (χ2v) is 10.2. The molecule has 192 valence electrons. The molecule has 1 atom stereocenters. The lowest BCUT2D eigenvalue weighted by atomic mass is 9.95. The van der Waals surface area contributed by atoms with Crippen molar-refractivity contribution in [2.45, 2.75) is 26.2 Å². The molecule has 1 fully saturated rings. The van der Waals surface area contributed by atoms with E-state index in [1.807, 2.05) is 70.0 Å². The Kier molecular flexibility index (Phi) is 6.45. The minimum absolute atomic E-state index is 0.124. The molecule has 7 nitrogen and oxygen atoms in total. The van der Waals surface area contributed by atoms with Crippen LogP contribution in [0.3, 0.4) is 0 Å². The summed E-state index contributed by atoms with van der Waals surface area (Å²) in [6.45, 7) is 6.72. The topological polar surface area (TPSA) is 66.6 Å². The summed E-state index contributed by atoms with van der Waals surface area (Å²) in [5.74, 6) is 1.57. The number of carbonyl (C=O) groups is 1. The predicted molar refractivity (Wildman–Crippen MR) is 152 cm³/mol. The van der Waals surface area contributed by atoms with Gasteiger partial charge in [-0.2, -0.15) is 0 Å². The second kappa shape index (κ2) is 10.1. The van der Waals surface area contributed by atoms with Gasteiger partial charge in [0.25, 0.3) is 0 Å². The van der Waals surface area contributed by atoms with Crippen molar-refractivity contribution in [3.63, 3.8) is 0 Å². The van der Waals surface area contributed by atoms with Gasteiger partial charge in [0.1, 0.15) is 0 Å². The first-order valence-corrected chi connectivity index (χ1v) is 13.4. The fourth-order valence-electron chi connectivity index (χ4n) is 5.36. The van der Waals surface area contributed by atoms with E-state index < -0.39 is 0 Å². The number of rotatable bonds is 5. The van der Waals surface area contributed by atoms with Gasteiger partial charge in [0.15, 0.2) is 11.5 Å². The molecule has 1 saturated heterocycles. The molecule has 0 aliphatic carbocycles. The molecular weight excluding hydrogens is 496 g/mol. The Labute approximate surface area is 226 Å². The predicted octanol–water partition coefficient (Wildman–Crippen LogP) is 5.75. The monoisotopic (exact) mass is 524 g/mol. The molecule has 0 saturated carbocycles. The molecule has 1 amide bonds. The Bertz CT molecular complexity index is 1620. The first-order chi connectivity index (χ1) is 18.5. The van der Waals surface area contributed by atoms with Crippen LogP contribution < -0.4 is 4.90 Å². The molecule has 3 heterocycles. The van der Waals surface area contributed by atoms with Crippen LogP contribution >= 0.6 is 11.6 Å². The van der Waals surface area contributed by atoms with Crippen LogP contribution in [-0.2, 0) is 4.79 Å². The number of halogens is 1. The third kappa shape index (κ3) is 4.37. The number of benzene rings is 3. The van der Waals surface area contributed by atoms with Crippen LogP contribution in [0.25, 0.3) is 27.9 Å². The van der Waals surface area contributed by atoms with E-state index in [2.05, 4.69) is 41.1 Å². The Morgan fingerprint density at radius 2 is 1.74 bits per heavy atom. The van der Waals surface area contributed by atoms with Crippen molar-refractivity contribution in [2.24, 2.45) is 0 Å². The normalized spacial score (nSPS) is 14.8. The van der Waals surface area contributed by atoms with Crippen molar-refractivity contribution >= 4 is 40.0 Å². The van der Waals surface area contributed by atoms with E-state index in [9.17, 15) is 4.79 Å². The highest BCUT2D eigenvalue weighted by molar-refractivity contribution is 6.31. The largest absolute Gasteiger partial charge is 0.339 e. The zero-order chi connectivity index (χ0) is 26.2. The average Bonchev–Trinajstić information content (AvgIpc) is 3.39. The first-order valence-electron chi connectivity index (χ1n) is 13.0. The summed E-state index contributed by atoms with van der Waals surface area (Å²) in [5.41, 5.74) is 4.72. The quantitative estimate of drug-likeness (QED) is 0.293. The van der Waals surface area contributed by atoms with Gasteiger partial charge in [-0.3, -0.25) is 4.79 Å². The summed E-state index contributed by atoms with van der Waals surface area (Å²) in [4.78, 5) is 22.7. The van der Waals surface area contributed by atoms with Crippen molar-refractivity contribution in [1.29, 1.82) is 0 Å². The van der Waals surface area contributed by atoms with E-state index in [0.29, 0.717) is 31.2 Å². The van der Waals surface area contributed by atoms with Gasteiger partial charge >= 0.3 is 0 Å². The number of hydrogen-bond acceptors (Lipinski definition) is 5. The zero-order valence-corrected chi connectivity index (χ0v) is 22.3. The van der Waals surface area contributed by atoms with E-state index in [0.717, 1.165) is 51.4 Å². The minimum atomic E-state index is -0.124. The molecule has 0 N–H and O–H groups in total. The number of fused-ring (bicyclic) bond motifs is 3. The molecule has 0 spiro atoms. The fraction of sp³-hybridized carbons (Fsp3) is 0.267. The maximum Gasteiger partial charge on any atom is 0.230 e. The van der Waals surface area contributed by atoms with Crippen LogP contribution in [0.2, 0.25) is 5.02 Å². The number of piperazine rings is 1. The Hall–Kier alpha value is -3.97. The lowest BCUT2D eigenvalue weighted by molar-refractivity contribution is -0.133.